The van der Waals surface area contributed by atoms with Crippen molar-refractivity contribution in [2.24, 2.45) is 0 Å². The van der Waals surface area contributed by atoms with E-state index in [0.29, 0.717) is 5.57 Å². The number of halogens is 3. The lowest BCUT2D eigenvalue weighted by Gasteiger charge is -2.40. The topological polar surface area (TPSA) is 57.6 Å². The second kappa shape index (κ2) is 3.56. The van der Waals surface area contributed by atoms with Crippen molar-refractivity contribution in [1.82, 2.24) is 4.90 Å². The molecule has 1 heterocycles. The van der Waals surface area contributed by atoms with Crippen LogP contribution >= 0.6 is 0 Å². The molecule has 4 nitrogen and oxygen atoms in total. The maximum atomic E-state index is 12.0. The largest absolute Gasteiger partial charge is 0.479 e. The number of carbonyl (C=O) groups is 2. The molecule has 1 fully saturated rings. The Labute approximate surface area is 83.0 Å². The second-order valence-electron chi connectivity index (χ2n) is 3.04. The van der Waals surface area contributed by atoms with Gasteiger partial charge in [-0.15, -0.1) is 0 Å². The summed E-state index contributed by atoms with van der Waals surface area (Å²) in [6.07, 6.45) is -3.62. The Morgan fingerprint density at radius 3 is 2.40 bits per heavy atom. The fourth-order valence-electron chi connectivity index (χ4n) is 1.36. The number of hydrogen-bond donors (Lipinski definition) is 1. The van der Waals surface area contributed by atoms with Gasteiger partial charge in [-0.05, 0) is 12.5 Å². The second-order valence-corrected chi connectivity index (χ2v) is 3.04. The molecule has 0 saturated carbocycles. The number of allylic oxidation sites excluding steroid dienone is 1. The van der Waals surface area contributed by atoms with Gasteiger partial charge < -0.3 is 10.0 Å². The van der Waals surface area contributed by atoms with E-state index in [1.54, 1.807) is 0 Å². The van der Waals surface area contributed by atoms with E-state index in [4.69, 9.17) is 5.11 Å². The van der Waals surface area contributed by atoms with Crippen LogP contribution in [0.2, 0.25) is 0 Å². The van der Waals surface area contributed by atoms with Gasteiger partial charge in [-0.25, -0.2) is 4.79 Å². The molecule has 15 heavy (non-hydrogen) atoms. The Kier molecular flexibility index (Phi) is 2.74. The molecule has 0 radical (unpaired) electrons. The highest BCUT2D eigenvalue weighted by Gasteiger charge is 2.51. The molecule has 0 aromatic heterocycles. The zero-order valence-electron chi connectivity index (χ0n) is 7.71. The molecule has 1 aliphatic heterocycles. The summed E-state index contributed by atoms with van der Waals surface area (Å²) in [5.41, 5.74) is 0.306. The van der Waals surface area contributed by atoms with Crippen LogP contribution in [0.1, 0.15) is 6.92 Å². The average Bonchev–Trinajstić information content (AvgIpc) is 1.99. The van der Waals surface area contributed by atoms with Crippen LogP contribution in [0, 0.1) is 0 Å². The molecular weight excluding hydrogens is 215 g/mol. The molecule has 0 bridgehead atoms. The van der Waals surface area contributed by atoms with Gasteiger partial charge in [0.25, 0.3) is 0 Å². The molecule has 1 aliphatic rings. The number of nitrogens with zero attached hydrogens (tertiary/aromatic N) is 1. The number of alkyl halides is 3. The summed E-state index contributed by atoms with van der Waals surface area (Å²) in [4.78, 5) is 21.6. The minimum atomic E-state index is -5.02. The Hall–Kier alpha value is -1.53. The fourth-order valence-corrected chi connectivity index (χ4v) is 1.36. The summed E-state index contributed by atoms with van der Waals surface area (Å²) in [5, 5.41) is 8.62. The minimum absolute atomic E-state index is 0.272. The number of carboxylic acids is 1. The molecule has 7 heteroatoms. The van der Waals surface area contributed by atoms with Crippen molar-refractivity contribution in [2.75, 3.05) is 6.54 Å². The molecular formula is C8H8F3NO3. The molecule has 0 aliphatic carbocycles. The van der Waals surface area contributed by atoms with Gasteiger partial charge in [0.05, 0.1) is 0 Å². The van der Waals surface area contributed by atoms with Crippen LogP contribution in [0.15, 0.2) is 11.6 Å². The summed E-state index contributed by atoms with van der Waals surface area (Å²) in [6.45, 7) is 1.24. The highest BCUT2D eigenvalue weighted by atomic mass is 19.4. The third-order valence-corrected chi connectivity index (χ3v) is 2.12. The van der Waals surface area contributed by atoms with Crippen LogP contribution in [0.25, 0.3) is 0 Å². The number of likely N-dealkylation sites (tertiary alicyclic amines) is 1. The number of aliphatic carboxylic acids is 1. The van der Waals surface area contributed by atoms with Gasteiger partial charge in [0, 0.05) is 6.54 Å². The normalized spacial score (nSPS) is 23.9. The summed E-state index contributed by atoms with van der Waals surface area (Å²) in [7, 11) is 0. The Bertz CT molecular complexity index is 335. The quantitative estimate of drug-likeness (QED) is 0.668. The van der Waals surface area contributed by atoms with Crippen molar-refractivity contribution in [3.63, 3.8) is 0 Å². The van der Waals surface area contributed by atoms with Crippen LogP contribution in [0.5, 0.6) is 0 Å². The monoisotopic (exact) mass is 223 g/mol. The van der Waals surface area contributed by atoms with Gasteiger partial charge in [-0.3, -0.25) is 4.79 Å². The van der Waals surface area contributed by atoms with E-state index in [1.807, 2.05) is 0 Å². The van der Waals surface area contributed by atoms with Gasteiger partial charge in [0.2, 0.25) is 0 Å². The molecule has 0 aromatic rings. The highest BCUT2D eigenvalue weighted by Crippen LogP contribution is 2.29. The first kappa shape index (κ1) is 11.5. The van der Waals surface area contributed by atoms with E-state index in [-0.39, 0.29) is 11.4 Å². The first-order chi connectivity index (χ1) is 6.79. The van der Waals surface area contributed by atoms with Crippen molar-refractivity contribution >= 4 is 11.9 Å². The Balaban J connectivity index is 2.84. The summed E-state index contributed by atoms with van der Waals surface area (Å²) in [5.74, 6) is -3.56. The third kappa shape index (κ3) is 1.95. The van der Waals surface area contributed by atoms with Crippen LogP contribution in [0.4, 0.5) is 13.2 Å². The zero-order chi connectivity index (χ0) is 11.8. The predicted molar refractivity (Wildman–Crippen MR) is 42.9 cm³/mol. The van der Waals surface area contributed by atoms with Gasteiger partial charge in [-0.2, -0.15) is 13.2 Å². The van der Waals surface area contributed by atoms with Crippen molar-refractivity contribution in [3.05, 3.63) is 11.6 Å². The van der Waals surface area contributed by atoms with Gasteiger partial charge in [0.1, 0.15) is 0 Å². The number of carbonyl (C=O) groups excluding carboxylic acids is 1. The molecule has 1 amide bonds. The Morgan fingerprint density at radius 1 is 1.53 bits per heavy atom. The van der Waals surface area contributed by atoms with E-state index < -0.39 is 24.1 Å². The zero-order valence-corrected chi connectivity index (χ0v) is 7.71. The molecule has 1 N–H and O–H groups in total. The maximum absolute atomic E-state index is 12.0. The van der Waals surface area contributed by atoms with Crippen molar-refractivity contribution in [2.45, 2.75) is 19.1 Å². The molecule has 84 valence electrons. The number of amides is 1. The molecule has 0 spiro atoms. The average molecular weight is 223 g/mol. The van der Waals surface area contributed by atoms with Gasteiger partial charge in [0.15, 0.2) is 6.04 Å². The lowest BCUT2D eigenvalue weighted by atomic mass is 9.95. The molecule has 1 rings (SSSR count). The summed E-state index contributed by atoms with van der Waals surface area (Å²) in [6, 6.07) is -1.47. The third-order valence-electron chi connectivity index (χ3n) is 2.12. The van der Waals surface area contributed by atoms with Crippen molar-refractivity contribution < 1.29 is 27.9 Å². The predicted octanol–water partition coefficient (Wildman–Crippen LogP) is 0.790. The maximum Gasteiger partial charge on any atom is 0.471 e. The van der Waals surface area contributed by atoms with E-state index in [1.165, 1.54) is 13.0 Å². The van der Waals surface area contributed by atoms with E-state index >= 15 is 0 Å². The molecule has 1 saturated heterocycles. The number of carboxylic acid groups (broad SMARTS) is 1. The smallest absolute Gasteiger partial charge is 0.471 e. The molecule has 1 atom stereocenters. The highest BCUT2D eigenvalue weighted by molar-refractivity contribution is 5.91. The number of rotatable bonds is 1. The minimum Gasteiger partial charge on any atom is -0.479 e. The first-order valence-electron chi connectivity index (χ1n) is 4.04. The molecule has 1 unspecified atom stereocenters. The van der Waals surface area contributed by atoms with Gasteiger partial charge in [-0.1, -0.05) is 6.08 Å². The van der Waals surface area contributed by atoms with Crippen LogP contribution in [0.3, 0.4) is 0 Å². The van der Waals surface area contributed by atoms with Crippen LogP contribution in [-0.4, -0.2) is 40.6 Å². The first-order valence-corrected chi connectivity index (χ1v) is 4.04. The fraction of sp³-hybridized carbons (Fsp3) is 0.500. The van der Waals surface area contributed by atoms with Gasteiger partial charge >= 0.3 is 18.1 Å². The molecule has 0 aromatic carbocycles. The lowest BCUT2D eigenvalue weighted by Crippen LogP contribution is -2.60. The van der Waals surface area contributed by atoms with Crippen molar-refractivity contribution in [1.29, 1.82) is 0 Å². The SMILES string of the molecule is C/C=C1/CN(C(=O)C(F)(F)F)C1C(=O)O. The summed E-state index contributed by atoms with van der Waals surface area (Å²) < 4.78 is 36.0. The number of hydrogen-bond acceptors (Lipinski definition) is 2. The standard InChI is InChI=1S/C8H8F3NO3/c1-2-4-3-12(5(4)6(13)14)7(15)8(9,10)11/h2,5H,3H2,1H3,(H,13,14)/b4-2-. The van der Waals surface area contributed by atoms with E-state index in [0.717, 1.165) is 0 Å². The van der Waals surface area contributed by atoms with Crippen LogP contribution < -0.4 is 0 Å². The van der Waals surface area contributed by atoms with E-state index in [2.05, 4.69) is 0 Å². The summed E-state index contributed by atoms with van der Waals surface area (Å²) >= 11 is 0. The lowest BCUT2D eigenvalue weighted by molar-refractivity contribution is -0.191. The van der Waals surface area contributed by atoms with Crippen molar-refractivity contribution in [3.8, 4) is 0 Å². The van der Waals surface area contributed by atoms with E-state index in [9.17, 15) is 22.8 Å². The Morgan fingerprint density at radius 2 is 2.07 bits per heavy atom. The van der Waals surface area contributed by atoms with Crippen LogP contribution in [-0.2, 0) is 9.59 Å².